The SMILES string of the molecule is Cc1cc(C)c(C)c(OC(C)C(=O)Nc2ccccc2C(=O)N2CCCC2)c1. The van der Waals surface area contributed by atoms with Gasteiger partial charge >= 0.3 is 0 Å². The first-order valence-electron chi connectivity index (χ1n) is 9.80. The fourth-order valence-corrected chi connectivity index (χ4v) is 3.47. The molecule has 2 amide bonds. The maximum absolute atomic E-state index is 12.8. The molecule has 1 heterocycles. The van der Waals surface area contributed by atoms with Gasteiger partial charge in [-0.05, 0) is 75.4 Å². The fourth-order valence-electron chi connectivity index (χ4n) is 3.47. The Kier molecular flexibility index (Phi) is 6.02. The predicted molar refractivity (Wildman–Crippen MR) is 111 cm³/mol. The molecule has 0 aliphatic carbocycles. The van der Waals surface area contributed by atoms with Crippen molar-refractivity contribution in [2.75, 3.05) is 18.4 Å². The molecule has 0 bridgehead atoms. The third-order valence-corrected chi connectivity index (χ3v) is 5.25. The normalized spacial score (nSPS) is 14.6. The summed E-state index contributed by atoms with van der Waals surface area (Å²) in [5.74, 6) is 0.397. The van der Waals surface area contributed by atoms with E-state index in [1.807, 2.05) is 43.9 Å². The van der Waals surface area contributed by atoms with Crippen molar-refractivity contribution in [3.8, 4) is 5.75 Å². The molecule has 5 nitrogen and oxygen atoms in total. The summed E-state index contributed by atoms with van der Waals surface area (Å²) in [5.41, 5.74) is 4.29. The van der Waals surface area contributed by atoms with Crippen LogP contribution in [0.4, 0.5) is 5.69 Å². The highest BCUT2D eigenvalue weighted by Gasteiger charge is 2.24. The Labute approximate surface area is 166 Å². The number of nitrogens with zero attached hydrogens (tertiary/aromatic N) is 1. The molecule has 0 radical (unpaired) electrons. The second-order valence-electron chi connectivity index (χ2n) is 7.50. The van der Waals surface area contributed by atoms with Gasteiger partial charge in [0.2, 0.25) is 0 Å². The summed E-state index contributed by atoms with van der Waals surface area (Å²) in [7, 11) is 0. The Morgan fingerprint density at radius 2 is 1.75 bits per heavy atom. The number of ether oxygens (including phenoxy) is 1. The molecule has 28 heavy (non-hydrogen) atoms. The molecule has 0 saturated carbocycles. The number of rotatable bonds is 5. The van der Waals surface area contributed by atoms with Gasteiger partial charge < -0.3 is 15.0 Å². The van der Waals surface area contributed by atoms with E-state index < -0.39 is 6.10 Å². The summed E-state index contributed by atoms with van der Waals surface area (Å²) < 4.78 is 5.93. The number of likely N-dealkylation sites (tertiary alicyclic amines) is 1. The van der Waals surface area contributed by atoms with Crippen LogP contribution >= 0.6 is 0 Å². The number of hydrogen-bond donors (Lipinski definition) is 1. The van der Waals surface area contributed by atoms with E-state index in [0.29, 0.717) is 17.0 Å². The quantitative estimate of drug-likeness (QED) is 0.843. The largest absolute Gasteiger partial charge is 0.481 e. The van der Waals surface area contributed by atoms with Crippen molar-refractivity contribution in [1.29, 1.82) is 0 Å². The second-order valence-corrected chi connectivity index (χ2v) is 7.50. The molecule has 1 N–H and O–H groups in total. The highest BCUT2D eigenvalue weighted by atomic mass is 16.5. The maximum Gasteiger partial charge on any atom is 0.265 e. The van der Waals surface area contributed by atoms with E-state index in [1.165, 1.54) is 0 Å². The van der Waals surface area contributed by atoms with Crippen LogP contribution in [0.25, 0.3) is 0 Å². The molecule has 0 aromatic heterocycles. The lowest BCUT2D eigenvalue weighted by Gasteiger charge is -2.20. The van der Waals surface area contributed by atoms with Crippen LogP contribution in [0.5, 0.6) is 5.75 Å². The van der Waals surface area contributed by atoms with Gasteiger partial charge in [0.1, 0.15) is 5.75 Å². The molecule has 3 rings (SSSR count). The van der Waals surface area contributed by atoms with Gasteiger partial charge in [0.15, 0.2) is 6.10 Å². The first kappa shape index (κ1) is 19.9. The number of para-hydroxylation sites is 1. The van der Waals surface area contributed by atoms with E-state index in [1.54, 1.807) is 19.1 Å². The van der Waals surface area contributed by atoms with Gasteiger partial charge in [0.05, 0.1) is 11.3 Å². The van der Waals surface area contributed by atoms with Crippen LogP contribution < -0.4 is 10.1 Å². The molecule has 2 aromatic rings. The molecule has 148 valence electrons. The summed E-state index contributed by atoms with van der Waals surface area (Å²) >= 11 is 0. The summed E-state index contributed by atoms with van der Waals surface area (Å²) in [4.78, 5) is 27.3. The van der Waals surface area contributed by atoms with Gasteiger partial charge in [-0.1, -0.05) is 18.2 Å². The van der Waals surface area contributed by atoms with Crippen LogP contribution in [-0.2, 0) is 4.79 Å². The van der Waals surface area contributed by atoms with Crippen molar-refractivity contribution in [2.24, 2.45) is 0 Å². The molecule has 1 unspecified atom stereocenters. The third kappa shape index (κ3) is 4.35. The Bertz CT molecular complexity index is 885. The van der Waals surface area contributed by atoms with Crippen molar-refractivity contribution in [3.05, 3.63) is 58.7 Å². The monoisotopic (exact) mass is 380 g/mol. The van der Waals surface area contributed by atoms with Crippen LogP contribution in [0.2, 0.25) is 0 Å². The fraction of sp³-hybridized carbons (Fsp3) is 0.391. The van der Waals surface area contributed by atoms with Crippen LogP contribution in [0.15, 0.2) is 36.4 Å². The smallest absolute Gasteiger partial charge is 0.265 e. The van der Waals surface area contributed by atoms with Crippen LogP contribution in [0.3, 0.4) is 0 Å². The van der Waals surface area contributed by atoms with E-state index >= 15 is 0 Å². The first-order valence-corrected chi connectivity index (χ1v) is 9.80. The lowest BCUT2D eigenvalue weighted by molar-refractivity contribution is -0.122. The molecule has 1 aliphatic heterocycles. The van der Waals surface area contributed by atoms with Gasteiger partial charge in [0.25, 0.3) is 11.8 Å². The minimum Gasteiger partial charge on any atom is -0.481 e. The summed E-state index contributed by atoms with van der Waals surface area (Å²) in [6.07, 6.45) is 1.37. The zero-order chi connectivity index (χ0) is 20.3. The number of hydrogen-bond acceptors (Lipinski definition) is 3. The van der Waals surface area contributed by atoms with Crippen molar-refractivity contribution in [3.63, 3.8) is 0 Å². The average molecular weight is 380 g/mol. The molecule has 1 aliphatic rings. The first-order chi connectivity index (χ1) is 13.4. The lowest BCUT2D eigenvalue weighted by atomic mass is 10.1. The average Bonchev–Trinajstić information content (AvgIpc) is 3.20. The van der Waals surface area contributed by atoms with Crippen LogP contribution in [-0.4, -0.2) is 35.9 Å². The molecular weight excluding hydrogens is 352 g/mol. The van der Waals surface area contributed by atoms with Gasteiger partial charge in [-0.25, -0.2) is 0 Å². The highest BCUT2D eigenvalue weighted by Crippen LogP contribution is 2.25. The van der Waals surface area contributed by atoms with Crippen molar-refractivity contribution in [2.45, 2.75) is 46.6 Å². The molecule has 1 atom stereocenters. The minimum absolute atomic E-state index is 0.0351. The number of aryl methyl sites for hydroxylation is 2. The number of nitrogens with one attached hydrogen (secondary N) is 1. The van der Waals surface area contributed by atoms with Crippen LogP contribution in [0, 0.1) is 20.8 Å². The van der Waals surface area contributed by atoms with Gasteiger partial charge in [0, 0.05) is 13.1 Å². The Morgan fingerprint density at radius 3 is 2.46 bits per heavy atom. The standard InChI is InChI=1S/C23H28N2O3/c1-15-13-16(2)17(3)21(14-15)28-18(4)22(26)24-20-10-6-5-9-19(20)23(27)25-11-7-8-12-25/h5-6,9-10,13-14,18H,7-8,11-12H2,1-4H3,(H,24,26). The van der Waals surface area contributed by atoms with Crippen molar-refractivity contribution < 1.29 is 14.3 Å². The topological polar surface area (TPSA) is 58.6 Å². The van der Waals surface area contributed by atoms with Gasteiger partial charge in [-0.2, -0.15) is 0 Å². The summed E-state index contributed by atoms with van der Waals surface area (Å²) in [5, 5.41) is 2.87. The number of amides is 2. The number of anilines is 1. The molecule has 1 saturated heterocycles. The van der Waals surface area contributed by atoms with E-state index in [9.17, 15) is 9.59 Å². The molecular formula is C23H28N2O3. The molecule has 1 fully saturated rings. The zero-order valence-electron chi connectivity index (χ0n) is 17.0. The molecule has 0 spiro atoms. The molecule has 5 heteroatoms. The minimum atomic E-state index is -0.685. The Balaban J connectivity index is 1.73. The highest BCUT2D eigenvalue weighted by molar-refractivity contribution is 6.04. The number of carbonyl (C=O) groups excluding carboxylic acids is 2. The number of carbonyl (C=O) groups is 2. The zero-order valence-corrected chi connectivity index (χ0v) is 17.0. The lowest BCUT2D eigenvalue weighted by Crippen LogP contribution is -2.32. The van der Waals surface area contributed by atoms with Gasteiger partial charge in [-0.15, -0.1) is 0 Å². The Hall–Kier alpha value is -2.82. The van der Waals surface area contributed by atoms with Crippen molar-refractivity contribution >= 4 is 17.5 Å². The van der Waals surface area contributed by atoms with Crippen LogP contribution in [0.1, 0.15) is 46.8 Å². The van der Waals surface area contributed by atoms with E-state index in [2.05, 4.69) is 11.4 Å². The Morgan fingerprint density at radius 1 is 1.07 bits per heavy atom. The van der Waals surface area contributed by atoms with Gasteiger partial charge in [-0.3, -0.25) is 9.59 Å². The maximum atomic E-state index is 12.8. The van der Waals surface area contributed by atoms with E-state index in [4.69, 9.17) is 4.74 Å². The molecule has 2 aromatic carbocycles. The second kappa shape index (κ2) is 8.46. The third-order valence-electron chi connectivity index (χ3n) is 5.25. The van der Waals surface area contributed by atoms with Crippen molar-refractivity contribution in [1.82, 2.24) is 4.90 Å². The number of benzene rings is 2. The predicted octanol–water partition coefficient (Wildman–Crippen LogP) is 4.25. The van der Waals surface area contributed by atoms with E-state index in [0.717, 1.165) is 42.6 Å². The summed E-state index contributed by atoms with van der Waals surface area (Å²) in [6, 6.07) is 11.2. The summed E-state index contributed by atoms with van der Waals surface area (Å²) in [6.45, 7) is 9.28. The van der Waals surface area contributed by atoms with E-state index in [-0.39, 0.29) is 11.8 Å².